The molecule has 21 heavy (non-hydrogen) atoms. The SMILES string of the molecule is O=C(O)C1c2ccsc2CCN1C(=O)c1ccc(I)cc1. The topological polar surface area (TPSA) is 57.6 Å². The number of amides is 1. The number of hydrogen-bond donors (Lipinski definition) is 1. The molecule has 1 N–H and O–H groups in total. The van der Waals surface area contributed by atoms with Crippen molar-refractivity contribution in [3.05, 3.63) is 55.3 Å². The number of thiophene rings is 1. The molecule has 1 aromatic carbocycles. The Kier molecular flexibility index (Phi) is 3.99. The minimum Gasteiger partial charge on any atom is -0.479 e. The molecule has 3 rings (SSSR count). The molecule has 2 heterocycles. The highest BCUT2D eigenvalue weighted by atomic mass is 127. The number of carboxylic acids is 1. The van der Waals surface area contributed by atoms with Gasteiger partial charge in [0, 0.05) is 20.6 Å². The number of fused-ring (bicyclic) bond motifs is 1. The van der Waals surface area contributed by atoms with Gasteiger partial charge in [0.1, 0.15) is 0 Å². The number of benzene rings is 1. The maximum Gasteiger partial charge on any atom is 0.331 e. The maximum absolute atomic E-state index is 12.6. The van der Waals surface area contributed by atoms with Crippen molar-refractivity contribution in [2.24, 2.45) is 0 Å². The van der Waals surface area contributed by atoms with Crippen molar-refractivity contribution >= 4 is 45.8 Å². The minimum atomic E-state index is -0.979. The number of carbonyl (C=O) groups excluding carboxylic acids is 1. The summed E-state index contributed by atoms with van der Waals surface area (Å²) < 4.78 is 1.04. The molecule has 2 aromatic rings. The predicted molar refractivity (Wildman–Crippen MR) is 88.6 cm³/mol. The van der Waals surface area contributed by atoms with E-state index in [-0.39, 0.29) is 5.91 Å². The average Bonchev–Trinajstić information content (AvgIpc) is 2.94. The molecule has 0 saturated heterocycles. The van der Waals surface area contributed by atoms with E-state index >= 15 is 0 Å². The smallest absolute Gasteiger partial charge is 0.331 e. The number of rotatable bonds is 2. The average molecular weight is 413 g/mol. The molecule has 4 nitrogen and oxygen atoms in total. The van der Waals surface area contributed by atoms with Crippen molar-refractivity contribution in [2.75, 3.05) is 6.54 Å². The van der Waals surface area contributed by atoms with Crippen molar-refractivity contribution in [3.8, 4) is 0 Å². The van der Waals surface area contributed by atoms with Crippen molar-refractivity contribution in [1.29, 1.82) is 0 Å². The van der Waals surface area contributed by atoms with Crippen LogP contribution in [0.5, 0.6) is 0 Å². The molecule has 108 valence electrons. The lowest BCUT2D eigenvalue weighted by Crippen LogP contribution is -2.43. The highest BCUT2D eigenvalue weighted by Crippen LogP contribution is 2.34. The molecule has 0 aliphatic carbocycles. The maximum atomic E-state index is 12.6. The summed E-state index contributed by atoms with van der Waals surface area (Å²) >= 11 is 3.73. The molecule has 1 aliphatic rings. The van der Waals surface area contributed by atoms with Crippen molar-refractivity contribution < 1.29 is 14.7 Å². The molecule has 1 aliphatic heterocycles. The second kappa shape index (κ2) is 5.76. The lowest BCUT2D eigenvalue weighted by Gasteiger charge is -2.33. The van der Waals surface area contributed by atoms with Crippen LogP contribution in [0.4, 0.5) is 0 Å². The molecule has 1 aromatic heterocycles. The lowest BCUT2D eigenvalue weighted by molar-refractivity contribution is -0.142. The third-order valence-corrected chi connectivity index (χ3v) is 5.27. The van der Waals surface area contributed by atoms with Crippen LogP contribution in [0, 0.1) is 3.57 Å². The first-order valence-electron chi connectivity index (χ1n) is 6.43. The van der Waals surface area contributed by atoms with Crippen LogP contribution in [0.3, 0.4) is 0 Å². The van der Waals surface area contributed by atoms with Crippen LogP contribution in [0.1, 0.15) is 26.8 Å². The summed E-state index contributed by atoms with van der Waals surface area (Å²) in [6, 6.07) is 8.11. The molecule has 0 spiro atoms. The van der Waals surface area contributed by atoms with E-state index in [0.717, 1.165) is 14.0 Å². The predicted octanol–water partition coefficient (Wildman–Crippen LogP) is 3.18. The first-order valence-corrected chi connectivity index (χ1v) is 8.39. The van der Waals surface area contributed by atoms with Crippen LogP contribution in [-0.4, -0.2) is 28.4 Å². The Morgan fingerprint density at radius 3 is 2.62 bits per heavy atom. The highest BCUT2D eigenvalue weighted by molar-refractivity contribution is 14.1. The molecule has 0 saturated carbocycles. The van der Waals surface area contributed by atoms with Gasteiger partial charge in [-0.2, -0.15) is 0 Å². The van der Waals surface area contributed by atoms with E-state index in [1.807, 2.05) is 23.6 Å². The van der Waals surface area contributed by atoms with E-state index in [0.29, 0.717) is 18.5 Å². The van der Waals surface area contributed by atoms with Gasteiger partial charge in [0.15, 0.2) is 6.04 Å². The summed E-state index contributed by atoms with van der Waals surface area (Å²) in [6.45, 7) is 0.440. The molecule has 0 bridgehead atoms. The number of carboxylic acid groups (broad SMARTS) is 1. The Morgan fingerprint density at radius 1 is 1.24 bits per heavy atom. The standard InChI is InChI=1S/C15H12INO3S/c16-10-3-1-9(2-4-10)14(18)17-7-5-12-11(6-8-21-12)13(17)15(19)20/h1-4,6,8,13H,5,7H2,(H,19,20). The van der Waals surface area contributed by atoms with Crippen LogP contribution in [0.2, 0.25) is 0 Å². The minimum absolute atomic E-state index is 0.226. The molecule has 0 radical (unpaired) electrons. The highest BCUT2D eigenvalue weighted by Gasteiger charge is 2.36. The molecular weight excluding hydrogens is 401 g/mol. The fourth-order valence-electron chi connectivity index (χ4n) is 2.56. The first kappa shape index (κ1) is 14.5. The largest absolute Gasteiger partial charge is 0.479 e. The third kappa shape index (κ3) is 2.69. The quantitative estimate of drug-likeness (QED) is 0.770. The number of nitrogens with zero attached hydrogens (tertiary/aromatic N) is 1. The normalized spacial score (nSPS) is 17.4. The van der Waals surface area contributed by atoms with Crippen LogP contribution in [-0.2, 0) is 11.2 Å². The van der Waals surface area contributed by atoms with Gasteiger partial charge < -0.3 is 10.0 Å². The van der Waals surface area contributed by atoms with E-state index in [1.165, 1.54) is 4.90 Å². The fraction of sp³-hybridized carbons (Fsp3) is 0.200. The van der Waals surface area contributed by atoms with Crippen molar-refractivity contribution in [3.63, 3.8) is 0 Å². The van der Waals surface area contributed by atoms with Crippen LogP contribution in [0.15, 0.2) is 35.7 Å². The lowest BCUT2D eigenvalue weighted by atomic mass is 9.99. The Hall–Kier alpha value is -1.41. The van der Waals surface area contributed by atoms with Crippen LogP contribution in [0.25, 0.3) is 0 Å². The summed E-state index contributed by atoms with van der Waals surface area (Å²) in [5, 5.41) is 11.4. The van der Waals surface area contributed by atoms with Gasteiger partial charge in [0.05, 0.1) is 0 Å². The van der Waals surface area contributed by atoms with E-state index in [4.69, 9.17) is 0 Å². The number of halogens is 1. The van der Waals surface area contributed by atoms with Gasteiger partial charge in [0.2, 0.25) is 0 Å². The molecule has 0 fully saturated rings. The monoisotopic (exact) mass is 413 g/mol. The zero-order chi connectivity index (χ0) is 15.0. The van der Waals surface area contributed by atoms with Crippen molar-refractivity contribution in [2.45, 2.75) is 12.5 Å². The molecule has 1 amide bonds. The van der Waals surface area contributed by atoms with Crippen LogP contribution >= 0.6 is 33.9 Å². The molecular formula is C15H12INO3S. The fourth-order valence-corrected chi connectivity index (χ4v) is 3.82. The van der Waals surface area contributed by atoms with Gasteiger partial charge in [-0.05, 0) is 70.3 Å². The molecule has 1 unspecified atom stereocenters. The third-order valence-electron chi connectivity index (χ3n) is 3.55. The zero-order valence-electron chi connectivity index (χ0n) is 11.0. The second-order valence-electron chi connectivity index (χ2n) is 4.80. The summed E-state index contributed by atoms with van der Waals surface area (Å²) in [5.74, 6) is -1.20. The van der Waals surface area contributed by atoms with E-state index < -0.39 is 12.0 Å². The summed E-state index contributed by atoms with van der Waals surface area (Å²) in [4.78, 5) is 26.8. The van der Waals surface area contributed by atoms with Gasteiger partial charge in [-0.3, -0.25) is 4.79 Å². The van der Waals surface area contributed by atoms with Crippen molar-refractivity contribution in [1.82, 2.24) is 4.90 Å². The van der Waals surface area contributed by atoms with Gasteiger partial charge in [-0.25, -0.2) is 4.79 Å². The van der Waals surface area contributed by atoms with Gasteiger partial charge in [-0.1, -0.05) is 0 Å². The van der Waals surface area contributed by atoms with Gasteiger partial charge in [0.25, 0.3) is 5.91 Å². The summed E-state index contributed by atoms with van der Waals surface area (Å²) in [6.07, 6.45) is 0.715. The Morgan fingerprint density at radius 2 is 1.95 bits per heavy atom. The summed E-state index contributed by atoms with van der Waals surface area (Å²) in [5.41, 5.74) is 1.28. The first-order chi connectivity index (χ1) is 10.1. The van der Waals surface area contributed by atoms with Gasteiger partial charge >= 0.3 is 5.97 Å². The molecule has 1 atom stereocenters. The van der Waals surface area contributed by atoms with Gasteiger partial charge in [-0.15, -0.1) is 11.3 Å². The summed E-state index contributed by atoms with van der Waals surface area (Å²) in [7, 11) is 0. The number of hydrogen-bond acceptors (Lipinski definition) is 3. The second-order valence-corrected chi connectivity index (χ2v) is 7.04. The van der Waals surface area contributed by atoms with E-state index in [9.17, 15) is 14.7 Å². The number of carbonyl (C=O) groups is 2. The number of aliphatic carboxylic acids is 1. The van der Waals surface area contributed by atoms with E-state index in [1.54, 1.807) is 23.5 Å². The Balaban J connectivity index is 1.96. The Labute approximate surface area is 139 Å². The van der Waals surface area contributed by atoms with Crippen LogP contribution < -0.4 is 0 Å². The van der Waals surface area contributed by atoms with E-state index in [2.05, 4.69) is 22.6 Å². The molecule has 6 heteroatoms. The zero-order valence-corrected chi connectivity index (χ0v) is 13.9. The Bertz CT molecular complexity index is 695.